The highest BCUT2D eigenvalue weighted by atomic mass is 16.5. The van der Waals surface area contributed by atoms with Crippen molar-refractivity contribution >= 4 is 6.29 Å². The fourth-order valence-electron chi connectivity index (χ4n) is 2.61. The van der Waals surface area contributed by atoms with Crippen LogP contribution in [0.3, 0.4) is 0 Å². The summed E-state index contributed by atoms with van der Waals surface area (Å²) in [6.07, 6.45) is 5.46. The lowest BCUT2D eigenvalue weighted by Crippen LogP contribution is -2.38. The molecule has 1 aliphatic carbocycles. The molecule has 1 aromatic rings. The lowest BCUT2D eigenvalue weighted by Gasteiger charge is -2.32. The van der Waals surface area contributed by atoms with Gasteiger partial charge in [0, 0.05) is 0 Å². The molecule has 0 spiro atoms. The molecule has 0 saturated heterocycles. The number of ether oxygens (including phenoxy) is 2. The van der Waals surface area contributed by atoms with Crippen LogP contribution in [0.2, 0.25) is 0 Å². The summed E-state index contributed by atoms with van der Waals surface area (Å²) in [6.45, 7) is 2.59. The second-order valence-corrected chi connectivity index (χ2v) is 5.30. The van der Waals surface area contributed by atoms with E-state index in [1.165, 1.54) is 0 Å². The highest BCUT2D eigenvalue weighted by molar-refractivity contribution is 5.81. The fraction of sp³-hybridized carbons (Fsp3) is 0.562. The number of carbonyl (C=O) groups is 1. The van der Waals surface area contributed by atoms with E-state index in [4.69, 9.17) is 9.47 Å². The molecule has 1 fully saturated rings. The van der Waals surface area contributed by atoms with E-state index < -0.39 is 5.60 Å². The minimum atomic E-state index is -0.780. The largest absolute Gasteiger partial charge is 0.490 e. The summed E-state index contributed by atoms with van der Waals surface area (Å²) < 4.78 is 11.2. The van der Waals surface area contributed by atoms with Crippen molar-refractivity contribution in [3.05, 3.63) is 23.8 Å². The van der Waals surface area contributed by atoms with E-state index in [0.29, 0.717) is 23.7 Å². The lowest BCUT2D eigenvalue weighted by atomic mass is 9.85. The molecule has 1 aromatic carbocycles. The number of hydrogen-bond acceptors (Lipinski definition) is 4. The van der Waals surface area contributed by atoms with Crippen molar-refractivity contribution in [2.45, 2.75) is 44.6 Å². The average Bonchev–Trinajstić information content (AvgIpc) is 2.47. The number of hydrogen-bond donors (Lipinski definition) is 1. The van der Waals surface area contributed by atoms with Gasteiger partial charge in [-0.3, -0.25) is 4.79 Å². The molecular weight excluding hydrogens is 256 g/mol. The Labute approximate surface area is 119 Å². The van der Waals surface area contributed by atoms with Gasteiger partial charge in [-0.05, 0) is 31.9 Å². The van der Waals surface area contributed by atoms with Crippen molar-refractivity contribution in [1.29, 1.82) is 0 Å². The van der Waals surface area contributed by atoms with E-state index in [-0.39, 0.29) is 6.61 Å². The predicted octanol–water partition coefficient (Wildman–Crippen LogP) is 2.97. The number of benzene rings is 1. The SMILES string of the molecule is CCOc1cccc(C=O)c1OCC1(O)CCCCC1. The molecule has 20 heavy (non-hydrogen) atoms. The molecule has 0 atom stereocenters. The van der Waals surface area contributed by atoms with Gasteiger partial charge in [-0.2, -0.15) is 0 Å². The molecule has 0 bridgehead atoms. The maximum Gasteiger partial charge on any atom is 0.171 e. The van der Waals surface area contributed by atoms with Crippen LogP contribution < -0.4 is 9.47 Å². The molecule has 2 rings (SSSR count). The quantitative estimate of drug-likeness (QED) is 0.813. The molecule has 1 aliphatic rings. The Morgan fingerprint density at radius 3 is 2.65 bits per heavy atom. The Balaban J connectivity index is 2.12. The molecule has 0 unspecified atom stereocenters. The minimum absolute atomic E-state index is 0.206. The molecule has 0 radical (unpaired) electrons. The summed E-state index contributed by atoms with van der Waals surface area (Å²) in [5.74, 6) is 0.986. The van der Waals surface area contributed by atoms with Crippen LogP contribution in [0.1, 0.15) is 49.4 Å². The third-order valence-electron chi connectivity index (χ3n) is 3.71. The number of rotatable bonds is 6. The Morgan fingerprint density at radius 2 is 2.00 bits per heavy atom. The third-order valence-corrected chi connectivity index (χ3v) is 3.71. The van der Waals surface area contributed by atoms with Crippen molar-refractivity contribution in [3.8, 4) is 11.5 Å². The topological polar surface area (TPSA) is 55.8 Å². The monoisotopic (exact) mass is 278 g/mol. The third kappa shape index (κ3) is 3.51. The molecule has 4 nitrogen and oxygen atoms in total. The minimum Gasteiger partial charge on any atom is -0.490 e. The molecule has 0 amide bonds. The van der Waals surface area contributed by atoms with Crippen LogP contribution >= 0.6 is 0 Å². The van der Waals surface area contributed by atoms with Gasteiger partial charge in [0.1, 0.15) is 6.61 Å². The Morgan fingerprint density at radius 1 is 1.25 bits per heavy atom. The summed E-state index contributed by atoms with van der Waals surface area (Å²) in [5.41, 5.74) is -0.326. The van der Waals surface area contributed by atoms with Crippen LogP contribution in [0.15, 0.2) is 18.2 Å². The van der Waals surface area contributed by atoms with Gasteiger partial charge in [-0.15, -0.1) is 0 Å². The molecular formula is C16H22O4. The van der Waals surface area contributed by atoms with Gasteiger partial charge in [-0.1, -0.05) is 25.3 Å². The molecule has 0 aliphatic heterocycles. The van der Waals surface area contributed by atoms with Crippen molar-refractivity contribution in [3.63, 3.8) is 0 Å². The van der Waals surface area contributed by atoms with Crippen LogP contribution in [-0.2, 0) is 0 Å². The predicted molar refractivity (Wildman–Crippen MR) is 76.5 cm³/mol. The van der Waals surface area contributed by atoms with Crippen molar-refractivity contribution in [2.75, 3.05) is 13.2 Å². The standard InChI is InChI=1S/C16H22O4/c1-2-19-14-8-6-7-13(11-17)15(14)20-12-16(18)9-4-3-5-10-16/h6-8,11,18H,2-5,9-10,12H2,1H3. The van der Waals surface area contributed by atoms with E-state index in [9.17, 15) is 9.90 Å². The molecule has 0 aromatic heterocycles. The van der Waals surface area contributed by atoms with E-state index in [2.05, 4.69) is 0 Å². The molecule has 0 heterocycles. The van der Waals surface area contributed by atoms with Crippen molar-refractivity contribution in [2.24, 2.45) is 0 Å². The number of aliphatic hydroxyl groups is 1. The van der Waals surface area contributed by atoms with Gasteiger partial charge >= 0.3 is 0 Å². The van der Waals surface area contributed by atoms with Crippen LogP contribution in [-0.4, -0.2) is 30.2 Å². The Hall–Kier alpha value is -1.55. The van der Waals surface area contributed by atoms with Crippen LogP contribution in [0, 0.1) is 0 Å². The van der Waals surface area contributed by atoms with Gasteiger partial charge in [0.15, 0.2) is 17.8 Å². The van der Waals surface area contributed by atoms with Crippen molar-refractivity contribution < 1.29 is 19.4 Å². The summed E-state index contributed by atoms with van der Waals surface area (Å²) in [5, 5.41) is 10.5. The highest BCUT2D eigenvalue weighted by Gasteiger charge is 2.30. The van der Waals surface area contributed by atoms with Gasteiger partial charge in [0.2, 0.25) is 0 Å². The first-order valence-corrected chi connectivity index (χ1v) is 7.25. The van der Waals surface area contributed by atoms with Gasteiger partial charge < -0.3 is 14.6 Å². The van der Waals surface area contributed by atoms with Crippen molar-refractivity contribution in [1.82, 2.24) is 0 Å². The van der Waals surface area contributed by atoms with E-state index in [0.717, 1.165) is 38.4 Å². The van der Waals surface area contributed by atoms with Crippen LogP contribution in [0.5, 0.6) is 11.5 Å². The molecule has 4 heteroatoms. The number of para-hydroxylation sites is 1. The zero-order valence-corrected chi connectivity index (χ0v) is 11.9. The Kier molecular flexibility index (Phi) is 5.01. The lowest BCUT2D eigenvalue weighted by molar-refractivity contribution is -0.0345. The van der Waals surface area contributed by atoms with E-state index in [1.54, 1.807) is 18.2 Å². The Bertz CT molecular complexity index is 450. The average molecular weight is 278 g/mol. The summed E-state index contributed by atoms with van der Waals surface area (Å²) in [4.78, 5) is 11.1. The van der Waals surface area contributed by atoms with Gasteiger partial charge in [0.25, 0.3) is 0 Å². The molecule has 1 saturated carbocycles. The first-order valence-electron chi connectivity index (χ1n) is 7.25. The zero-order valence-electron chi connectivity index (χ0n) is 11.9. The summed E-state index contributed by atoms with van der Waals surface area (Å²) >= 11 is 0. The maximum atomic E-state index is 11.1. The zero-order chi connectivity index (χ0) is 14.4. The molecule has 1 N–H and O–H groups in total. The van der Waals surface area contributed by atoms with E-state index >= 15 is 0 Å². The second-order valence-electron chi connectivity index (χ2n) is 5.30. The number of aldehydes is 1. The van der Waals surface area contributed by atoms with E-state index in [1.807, 2.05) is 6.92 Å². The number of carbonyl (C=O) groups excluding carboxylic acids is 1. The highest BCUT2D eigenvalue weighted by Crippen LogP contribution is 2.33. The van der Waals surface area contributed by atoms with Crippen LogP contribution in [0.4, 0.5) is 0 Å². The second kappa shape index (κ2) is 6.75. The maximum absolute atomic E-state index is 11.1. The fourth-order valence-corrected chi connectivity index (χ4v) is 2.61. The molecule has 110 valence electrons. The summed E-state index contributed by atoms with van der Waals surface area (Å²) in [7, 11) is 0. The van der Waals surface area contributed by atoms with Crippen LogP contribution in [0.25, 0.3) is 0 Å². The van der Waals surface area contributed by atoms with Gasteiger partial charge in [0.05, 0.1) is 17.8 Å². The first-order chi connectivity index (χ1) is 9.68. The smallest absolute Gasteiger partial charge is 0.171 e. The van der Waals surface area contributed by atoms with Gasteiger partial charge in [-0.25, -0.2) is 0 Å². The normalized spacial score (nSPS) is 17.5. The summed E-state index contributed by atoms with van der Waals surface area (Å²) in [6, 6.07) is 5.23. The first kappa shape index (κ1) is 14.9.